The molecule has 1 amide bonds. The van der Waals surface area contributed by atoms with Crippen molar-refractivity contribution in [2.24, 2.45) is 0 Å². The minimum Gasteiger partial charge on any atom is -0.478 e. The van der Waals surface area contributed by atoms with Gasteiger partial charge in [-0.25, -0.2) is 4.79 Å². The van der Waals surface area contributed by atoms with Crippen molar-refractivity contribution in [1.29, 1.82) is 0 Å². The number of carbonyl (C=O) groups is 2. The van der Waals surface area contributed by atoms with Crippen LogP contribution in [0.15, 0.2) is 48.5 Å². The van der Waals surface area contributed by atoms with E-state index in [0.717, 1.165) is 5.56 Å². The Morgan fingerprint density at radius 2 is 1.62 bits per heavy atom. The highest BCUT2D eigenvalue weighted by Crippen LogP contribution is 2.19. The van der Waals surface area contributed by atoms with Crippen LogP contribution in [0.25, 0.3) is 0 Å². The molecule has 0 saturated heterocycles. The largest absolute Gasteiger partial charge is 0.478 e. The van der Waals surface area contributed by atoms with E-state index in [0.29, 0.717) is 17.9 Å². The summed E-state index contributed by atoms with van der Waals surface area (Å²) in [4.78, 5) is 23.2. The molecule has 0 aliphatic carbocycles. The molecule has 126 valence electrons. The molecule has 0 aromatic heterocycles. The Bertz CT molecular complexity index is 718. The van der Waals surface area contributed by atoms with E-state index in [9.17, 15) is 9.59 Å². The Kier molecular flexibility index (Phi) is 5.24. The van der Waals surface area contributed by atoms with Gasteiger partial charge in [0.15, 0.2) is 5.60 Å². The third-order valence-corrected chi connectivity index (χ3v) is 3.58. The summed E-state index contributed by atoms with van der Waals surface area (Å²) in [5.41, 5.74) is 1.36. The molecule has 0 spiro atoms. The number of carboxylic acid groups (broad SMARTS) is 1. The maximum absolute atomic E-state index is 12.1. The van der Waals surface area contributed by atoms with Gasteiger partial charge < -0.3 is 15.2 Å². The molecule has 0 radical (unpaired) electrons. The van der Waals surface area contributed by atoms with E-state index in [-0.39, 0.29) is 5.91 Å². The van der Waals surface area contributed by atoms with E-state index in [4.69, 9.17) is 9.84 Å². The van der Waals surface area contributed by atoms with Crippen molar-refractivity contribution in [3.63, 3.8) is 0 Å². The first-order valence-electron chi connectivity index (χ1n) is 7.64. The second-order valence-corrected chi connectivity index (χ2v) is 6.11. The first kappa shape index (κ1) is 17.5. The highest BCUT2D eigenvalue weighted by Gasteiger charge is 2.29. The van der Waals surface area contributed by atoms with Crippen molar-refractivity contribution in [3.05, 3.63) is 65.2 Å². The number of rotatable bonds is 6. The fourth-order valence-corrected chi connectivity index (χ4v) is 2.00. The molecular formula is C19H21NO4. The molecule has 0 saturated carbocycles. The topological polar surface area (TPSA) is 75.6 Å². The maximum Gasteiger partial charge on any atom is 0.347 e. The molecule has 0 aliphatic heterocycles. The molecule has 0 bridgehead atoms. The number of aryl methyl sites for hydroxylation is 1. The Hall–Kier alpha value is -2.82. The van der Waals surface area contributed by atoms with E-state index in [2.05, 4.69) is 5.32 Å². The van der Waals surface area contributed by atoms with Gasteiger partial charge in [0, 0.05) is 12.1 Å². The molecule has 24 heavy (non-hydrogen) atoms. The zero-order valence-electron chi connectivity index (χ0n) is 14.0. The van der Waals surface area contributed by atoms with Gasteiger partial charge in [-0.3, -0.25) is 4.79 Å². The van der Waals surface area contributed by atoms with Gasteiger partial charge in [-0.05, 0) is 50.6 Å². The second-order valence-electron chi connectivity index (χ2n) is 6.11. The Morgan fingerprint density at radius 1 is 1.04 bits per heavy atom. The summed E-state index contributed by atoms with van der Waals surface area (Å²) >= 11 is 0. The maximum atomic E-state index is 12.1. The number of nitrogens with one attached hydrogen (secondary N) is 1. The van der Waals surface area contributed by atoms with Crippen molar-refractivity contribution in [3.8, 4) is 5.75 Å². The van der Waals surface area contributed by atoms with Crippen molar-refractivity contribution >= 4 is 11.9 Å². The van der Waals surface area contributed by atoms with E-state index in [1.165, 1.54) is 19.4 Å². The highest BCUT2D eigenvalue weighted by atomic mass is 16.5. The van der Waals surface area contributed by atoms with Crippen LogP contribution in [0.4, 0.5) is 0 Å². The first-order chi connectivity index (χ1) is 11.3. The van der Waals surface area contributed by atoms with Crippen molar-refractivity contribution in [2.75, 3.05) is 0 Å². The number of hydrogen-bond acceptors (Lipinski definition) is 3. The van der Waals surface area contributed by atoms with E-state index < -0.39 is 11.6 Å². The molecule has 2 aromatic rings. The molecule has 5 nitrogen and oxygen atoms in total. The highest BCUT2D eigenvalue weighted by molar-refractivity contribution is 5.94. The van der Waals surface area contributed by atoms with Crippen molar-refractivity contribution < 1.29 is 19.4 Å². The van der Waals surface area contributed by atoms with E-state index in [1.807, 2.05) is 31.2 Å². The molecule has 0 unspecified atom stereocenters. The smallest absolute Gasteiger partial charge is 0.347 e. The van der Waals surface area contributed by atoms with E-state index >= 15 is 0 Å². The summed E-state index contributed by atoms with van der Waals surface area (Å²) in [5, 5.41) is 11.9. The summed E-state index contributed by atoms with van der Waals surface area (Å²) in [6, 6.07) is 14.3. The van der Waals surface area contributed by atoms with Crippen LogP contribution in [0, 0.1) is 6.92 Å². The first-order valence-corrected chi connectivity index (χ1v) is 7.64. The predicted molar refractivity (Wildman–Crippen MR) is 91.1 cm³/mol. The number of carboxylic acids is 1. The lowest BCUT2D eigenvalue weighted by molar-refractivity contribution is -0.152. The SMILES string of the molecule is Cc1ccc(CNC(=O)c2ccc(OC(C)(C)C(=O)O)cc2)cc1. The minimum atomic E-state index is -1.32. The summed E-state index contributed by atoms with van der Waals surface area (Å²) < 4.78 is 5.41. The molecule has 0 fully saturated rings. The van der Waals surface area contributed by atoms with Gasteiger partial charge in [0.1, 0.15) is 5.75 Å². The summed E-state index contributed by atoms with van der Waals surface area (Å²) in [6.07, 6.45) is 0. The number of amides is 1. The zero-order chi connectivity index (χ0) is 17.7. The van der Waals surface area contributed by atoms with Crippen LogP contribution in [0.5, 0.6) is 5.75 Å². The summed E-state index contributed by atoms with van der Waals surface area (Å²) in [7, 11) is 0. The lowest BCUT2D eigenvalue weighted by atomic mass is 10.1. The Balaban J connectivity index is 1.96. The Morgan fingerprint density at radius 3 is 2.17 bits per heavy atom. The molecule has 0 heterocycles. The van der Waals surface area contributed by atoms with Crippen molar-refractivity contribution in [1.82, 2.24) is 5.32 Å². The lowest BCUT2D eigenvalue weighted by Gasteiger charge is -2.21. The quantitative estimate of drug-likeness (QED) is 0.854. The third kappa shape index (κ3) is 4.59. The number of benzene rings is 2. The van der Waals surface area contributed by atoms with Crippen molar-refractivity contribution in [2.45, 2.75) is 32.9 Å². The normalized spacial score (nSPS) is 11.0. The van der Waals surface area contributed by atoms with Crippen LogP contribution >= 0.6 is 0 Å². The van der Waals surface area contributed by atoms with Crippen LogP contribution in [0.1, 0.15) is 35.3 Å². The van der Waals surface area contributed by atoms with Crippen LogP contribution in [0.2, 0.25) is 0 Å². The lowest BCUT2D eigenvalue weighted by Crippen LogP contribution is -2.37. The molecule has 0 atom stereocenters. The average Bonchev–Trinajstić information content (AvgIpc) is 2.54. The molecule has 2 N–H and O–H groups in total. The number of aliphatic carboxylic acids is 1. The van der Waals surface area contributed by atoms with Gasteiger partial charge in [0.25, 0.3) is 5.91 Å². The standard InChI is InChI=1S/C19H21NO4/c1-13-4-6-14(7-5-13)12-20-17(21)15-8-10-16(11-9-15)24-19(2,3)18(22)23/h4-11H,12H2,1-3H3,(H,20,21)(H,22,23). The number of ether oxygens (including phenoxy) is 1. The predicted octanol–water partition coefficient (Wildman–Crippen LogP) is 3.17. The Labute approximate surface area is 141 Å². The van der Waals surface area contributed by atoms with Gasteiger partial charge in [-0.1, -0.05) is 29.8 Å². The molecule has 0 aliphatic rings. The monoisotopic (exact) mass is 327 g/mol. The van der Waals surface area contributed by atoms with Gasteiger partial charge >= 0.3 is 5.97 Å². The van der Waals surface area contributed by atoms with E-state index in [1.54, 1.807) is 24.3 Å². The fraction of sp³-hybridized carbons (Fsp3) is 0.263. The number of hydrogen-bond donors (Lipinski definition) is 2. The summed E-state index contributed by atoms with van der Waals surface area (Å²) in [6.45, 7) is 5.40. The van der Waals surface area contributed by atoms with Crippen LogP contribution in [0.3, 0.4) is 0 Å². The molecule has 5 heteroatoms. The van der Waals surface area contributed by atoms with Crippen LogP contribution in [-0.4, -0.2) is 22.6 Å². The average molecular weight is 327 g/mol. The third-order valence-electron chi connectivity index (χ3n) is 3.58. The fourth-order valence-electron chi connectivity index (χ4n) is 2.00. The van der Waals surface area contributed by atoms with Gasteiger partial charge in [0.2, 0.25) is 0 Å². The molecular weight excluding hydrogens is 306 g/mol. The van der Waals surface area contributed by atoms with Crippen LogP contribution in [-0.2, 0) is 11.3 Å². The second kappa shape index (κ2) is 7.17. The minimum absolute atomic E-state index is 0.195. The van der Waals surface area contributed by atoms with Gasteiger partial charge in [0.05, 0.1) is 0 Å². The zero-order valence-corrected chi connectivity index (χ0v) is 14.0. The molecule has 2 rings (SSSR count). The van der Waals surface area contributed by atoms with Crippen LogP contribution < -0.4 is 10.1 Å². The van der Waals surface area contributed by atoms with Gasteiger partial charge in [-0.15, -0.1) is 0 Å². The summed E-state index contributed by atoms with van der Waals surface area (Å²) in [5.74, 6) is -0.848. The molecule has 2 aromatic carbocycles. The van der Waals surface area contributed by atoms with Gasteiger partial charge in [-0.2, -0.15) is 0 Å². The number of carbonyl (C=O) groups excluding carboxylic acids is 1.